The molecule has 5 nitrogen and oxygen atoms in total. The van der Waals surface area contributed by atoms with Gasteiger partial charge in [-0.3, -0.25) is 0 Å². The van der Waals surface area contributed by atoms with Crippen molar-refractivity contribution in [3.8, 4) is 0 Å². The Balaban J connectivity index is 2.08. The first-order chi connectivity index (χ1) is 8.76. The maximum Gasteiger partial charge on any atom is 0.175 e. The lowest BCUT2D eigenvalue weighted by Gasteiger charge is -2.24. The van der Waals surface area contributed by atoms with Gasteiger partial charge in [0.1, 0.15) is 0 Å². The van der Waals surface area contributed by atoms with Gasteiger partial charge < -0.3 is 5.32 Å². The molecule has 0 aromatic heterocycles. The fraction of sp³-hybridized carbons (Fsp3) is 0.500. The summed E-state index contributed by atoms with van der Waals surface area (Å²) in [6, 6.07) is 6.28. The number of hydrogen-bond donors (Lipinski definition) is 1. The number of benzene rings is 1. The SMILES string of the molecule is CS(=O)(=O)c1ccc(NC2CCCS(=O)(=O)C2)cc1. The topological polar surface area (TPSA) is 80.3 Å². The van der Waals surface area contributed by atoms with Gasteiger partial charge in [0.15, 0.2) is 19.7 Å². The van der Waals surface area contributed by atoms with Gasteiger partial charge in [0.25, 0.3) is 0 Å². The molecule has 7 heteroatoms. The summed E-state index contributed by atoms with van der Waals surface area (Å²) in [6.07, 6.45) is 2.64. The van der Waals surface area contributed by atoms with Gasteiger partial charge in [0.2, 0.25) is 0 Å². The van der Waals surface area contributed by atoms with E-state index < -0.39 is 19.7 Å². The number of rotatable bonds is 3. The van der Waals surface area contributed by atoms with E-state index in [-0.39, 0.29) is 22.4 Å². The average Bonchev–Trinajstić information content (AvgIpc) is 2.27. The molecule has 1 heterocycles. The minimum absolute atomic E-state index is 0.0946. The van der Waals surface area contributed by atoms with Gasteiger partial charge in [-0.05, 0) is 37.1 Å². The normalized spacial score (nSPS) is 22.9. The minimum atomic E-state index is -3.19. The number of nitrogens with one attached hydrogen (secondary N) is 1. The molecule has 1 aliphatic rings. The van der Waals surface area contributed by atoms with Crippen molar-refractivity contribution in [3.05, 3.63) is 24.3 Å². The van der Waals surface area contributed by atoms with Crippen LogP contribution in [0.3, 0.4) is 0 Å². The van der Waals surface area contributed by atoms with Gasteiger partial charge in [-0.15, -0.1) is 0 Å². The standard InChI is InChI=1S/C12H17NO4S2/c1-18(14,15)12-6-4-10(5-7-12)13-11-3-2-8-19(16,17)9-11/h4-7,11,13H,2-3,8-9H2,1H3. The van der Waals surface area contributed by atoms with Crippen molar-refractivity contribution < 1.29 is 16.8 Å². The minimum Gasteiger partial charge on any atom is -0.381 e. The van der Waals surface area contributed by atoms with Gasteiger partial charge in [-0.2, -0.15) is 0 Å². The average molecular weight is 303 g/mol. The Bertz CT molecular complexity index is 647. The van der Waals surface area contributed by atoms with Gasteiger partial charge in [0, 0.05) is 18.0 Å². The Morgan fingerprint density at radius 2 is 1.84 bits per heavy atom. The molecule has 1 fully saturated rings. The van der Waals surface area contributed by atoms with Crippen molar-refractivity contribution in [3.63, 3.8) is 0 Å². The molecule has 106 valence electrons. The smallest absolute Gasteiger partial charge is 0.175 e. The molecule has 1 saturated heterocycles. The molecule has 2 rings (SSSR count). The molecule has 1 unspecified atom stereocenters. The van der Waals surface area contributed by atoms with Gasteiger partial charge in [-0.25, -0.2) is 16.8 Å². The monoisotopic (exact) mass is 303 g/mol. The highest BCUT2D eigenvalue weighted by atomic mass is 32.2. The van der Waals surface area contributed by atoms with Crippen molar-refractivity contribution in [2.45, 2.75) is 23.8 Å². The molecule has 0 spiro atoms. The summed E-state index contributed by atoms with van der Waals surface area (Å²) in [7, 11) is -6.14. The van der Waals surface area contributed by atoms with Gasteiger partial charge >= 0.3 is 0 Å². The Labute approximate surface area is 113 Å². The van der Waals surface area contributed by atoms with Crippen LogP contribution in [0.25, 0.3) is 0 Å². The van der Waals surface area contributed by atoms with Crippen molar-refractivity contribution in [2.75, 3.05) is 23.1 Å². The molecule has 0 amide bonds. The zero-order valence-electron chi connectivity index (χ0n) is 10.7. The Hall–Kier alpha value is -1.08. The van der Waals surface area contributed by atoms with Crippen LogP contribution >= 0.6 is 0 Å². The third-order valence-corrected chi connectivity index (χ3v) is 6.07. The van der Waals surface area contributed by atoms with Crippen LogP contribution in [-0.4, -0.2) is 40.6 Å². The molecule has 19 heavy (non-hydrogen) atoms. The van der Waals surface area contributed by atoms with E-state index in [1.807, 2.05) is 0 Å². The van der Waals surface area contributed by atoms with Crippen LogP contribution in [-0.2, 0) is 19.7 Å². The van der Waals surface area contributed by atoms with E-state index in [2.05, 4.69) is 5.32 Å². The lowest BCUT2D eigenvalue weighted by molar-refractivity contribution is 0.562. The molecule has 0 aliphatic carbocycles. The second-order valence-corrected chi connectivity index (χ2v) is 9.14. The van der Waals surface area contributed by atoms with E-state index in [9.17, 15) is 16.8 Å². The maximum absolute atomic E-state index is 11.5. The Kier molecular flexibility index (Phi) is 3.87. The summed E-state index contributed by atoms with van der Waals surface area (Å²) < 4.78 is 45.7. The second kappa shape index (κ2) is 5.13. The van der Waals surface area contributed by atoms with Crippen molar-refractivity contribution >= 4 is 25.4 Å². The van der Waals surface area contributed by atoms with Gasteiger partial charge in [0.05, 0.1) is 16.4 Å². The maximum atomic E-state index is 11.5. The number of hydrogen-bond acceptors (Lipinski definition) is 5. The molecule has 0 radical (unpaired) electrons. The highest BCUT2D eigenvalue weighted by molar-refractivity contribution is 7.91. The molecule has 1 aromatic rings. The molecule has 1 atom stereocenters. The quantitative estimate of drug-likeness (QED) is 0.903. The van der Waals surface area contributed by atoms with Crippen LogP contribution in [0.15, 0.2) is 29.2 Å². The van der Waals surface area contributed by atoms with E-state index in [1.54, 1.807) is 12.1 Å². The fourth-order valence-electron chi connectivity index (χ4n) is 2.17. The van der Waals surface area contributed by atoms with Crippen LogP contribution in [0.2, 0.25) is 0 Å². The summed E-state index contributed by atoms with van der Waals surface area (Å²) in [5.74, 6) is 0.402. The second-order valence-electron chi connectivity index (χ2n) is 4.89. The molecule has 1 aliphatic heterocycles. The fourth-order valence-corrected chi connectivity index (χ4v) is 4.44. The van der Waals surface area contributed by atoms with Crippen LogP contribution in [0.4, 0.5) is 5.69 Å². The molecule has 0 bridgehead atoms. The van der Waals surface area contributed by atoms with Crippen LogP contribution in [0, 0.1) is 0 Å². The predicted octanol–water partition coefficient (Wildman–Crippen LogP) is 1.08. The van der Waals surface area contributed by atoms with Gasteiger partial charge in [-0.1, -0.05) is 0 Å². The van der Waals surface area contributed by atoms with E-state index in [0.29, 0.717) is 6.42 Å². The molecule has 1 aromatic carbocycles. The summed E-state index contributed by atoms with van der Waals surface area (Å²) >= 11 is 0. The van der Waals surface area contributed by atoms with Crippen LogP contribution < -0.4 is 5.32 Å². The summed E-state index contributed by atoms with van der Waals surface area (Å²) in [4.78, 5) is 0.259. The van der Waals surface area contributed by atoms with E-state index in [4.69, 9.17) is 0 Å². The Morgan fingerprint density at radius 3 is 2.37 bits per heavy atom. The largest absolute Gasteiger partial charge is 0.381 e. The van der Waals surface area contributed by atoms with Crippen molar-refractivity contribution in [2.24, 2.45) is 0 Å². The zero-order chi connectivity index (χ0) is 14.1. The van der Waals surface area contributed by atoms with Crippen LogP contribution in [0.1, 0.15) is 12.8 Å². The summed E-state index contributed by atoms with van der Waals surface area (Å²) in [5, 5.41) is 3.14. The lowest BCUT2D eigenvalue weighted by atomic mass is 10.2. The van der Waals surface area contributed by atoms with Crippen molar-refractivity contribution in [1.29, 1.82) is 0 Å². The molecular weight excluding hydrogens is 286 g/mol. The first-order valence-electron chi connectivity index (χ1n) is 6.03. The predicted molar refractivity (Wildman–Crippen MR) is 74.9 cm³/mol. The number of anilines is 1. The number of sulfone groups is 2. The third kappa shape index (κ3) is 3.94. The molecule has 1 N–H and O–H groups in total. The lowest BCUT2D eigenvalue weighted by Crippen LogP contribution is -2.34. The highest BCUT2D eigenvalue weighted by Crippen LogP contribution is 2.19. The summed E-state index contributed by atoms with van der Waals surface area (Å²) in [5.41, 5.74) is 0.745. The first-order valence-corrected chi connectivity index (χ1v) is 9.75. The third-order valence-electron chi connectivity index (χ3n) is 3.12. The Morgan fingerprint density at radius 1 is 1.21 bits per heavy atom. The highest BCUT2D eigenvalue weighted by Gasteiger charge is 2.24. The van der Waals surface area contributed by atoms with E-state index >= 15 is 0 Å². The molecule has 0 saturated carbocycles. The first kappa shape index (κ1) is 14.3. The summed E-state index contributed by atoms with van der Waals surface area (Å²) in [6.45, 7) is 0. The van der Waals surface area contributed by atoms with Crippen molar-refractivity contribution in [1.82, 2.24) is 0 Å². The van der Waals surface area contributed by atoms with E-state index in [1.165, 1.54) is 12.1 Å². The van der Waals surface area contributed by atoms with E-state index in [0.717, 1.165) is 18.4 Å². The van der Waals surface area contributed by atoms with Crippen LogP contribution in [0.5, 0.6) is 0 Å². The zero-order valence-corrected chi connectivity index (χ0v) is 12.3. The molecular formula is C12H17NO4S2.